The highest BCUT2D eigenvalue weighted by Gasteiger charge is 2.28. The van der Waals surface area contributed by atoms with Crippen LogP contribution in [0.2, 0.25) is 0 Å². The topological polar surface area (TPSA) is 35.5 Å². The first-order valence-corrected chi connectivity index (χ1v) is 9.07. The second-order valence-corrected chi connectivity index (χ2v) is 7.20. The van der Waals surface area contributed by atoms with Crippen molar-refractivity contribution in [1.82, 2.24) is 10.2 Å². The van der Waals surface area contributed by atoms with Gasteiger partial charge in [0.25, 0.3) is 0 Å². The molecule has 2 aliphatic rings. The van der Waals surface area contributed by atoms with Crippen LogP contribution in [0.5, 0.6) is 0 Å². The zero-order chi connectivity index (χ0) is 16.2. The van der Waals surface area contributed by atoms with Gasteiger partial charge in [-0.2, -0.15) is 0 Å². The van der Waals surface area contributed by atoms with E-state index in [9.17, 15) is 9.50 Å². The molecule has 1 aromatic rings. The highest BCUT2D eigenvalue weighted by Crippen LogP contribution is 2.26. The average molecular weight is 320 g/mol. The minimum absolute atomic E-state index is 0.0245. The number of rotatable bonds is 5. The standard InChI is InChI=1S/C19H29FN2O/c1-14(19(23)15-6-8-16(20)9-7-15)21-17-10-12-22(13-11-17)18-4-2-3-5-18/h6-9,14,17-19,21,23H,2-5,10-13H2,1H3/t14-,19+/m1/s1. The Labute approximate surface area is 138 Å². The second kappa shape index (κ2) is 7.73. The number of aliphatic hydroxyl groups excluding tert-OH is 1. The number of hydrogen-bond acceptors (Lipinski definition) is 3. The molecular formula is C19H29FN2O. The van der Waals surface area contributed by atoms with E-state index in [2.05, 4.69) is 10.2 Å². The monoisotopic (exact) mass is 320 g/mol. The Balaban J connectivity index is 1.46. The molecule has 0 amide bonds. The van der Waals surface area contributed by atoms with Crippen molar-refractivity contribution >= 4 is 0 Å². The Kier molecular flexibility index (Phi) is 5.67. The van der Waals surface area contributed by atoms with Crippen molar-refractivity contribution in [2.75, 3.05) is 13.1 Å². The number of benzene rings is 1. The molecule has 0 unspecified atom stereocenters. The van der Waals surface area contributed by atoms with Gasteiger partial charge in [0.1, 0.15) is 5.82 Å². The van der Waals surface area contributed by atoms with Gasteiger partial charge in [0.15, 0.2) is 0 Å². The van der Waals surface area contributed by atoms with Gasteiger partial charge in [0.2, 0.25) is 0 Å². The Morgan fingerprint density at radius 3 is 2.30 bits per heavy atom. The van der Waals surface area contributed by atoms with Gasteiger partial charge in [-0.15, -0.1) is 0 Å². The third kappa shape index (κ3) is 4.31. The lowest BCUT2D eigenvalue weighted by atomic mass is 9.98. The molecule has 2 atom stereocenters. The first-order valence-electron chi connectivity index (χ1n) is 9.07. The van der Waals surface area contributed by atoms with E-state index in [1.165, 1.54) is 50.9 Å². The molecule has 0 aromatic heterocycles. The zero-order valence-electron chi connectivity index (χ0n) is 14.0. The molecule has 0 spiro atoms. The third-order valence-corrected chi connectivity index (χ3v) is 5.55. The molecule has 2 fully saturated rings. The Morgan fingerprint density at radius 1 is 1.09 bits per heavy atom. The van der Waals surface area contributed by atoms with Crippen LogP contribution in [0.25, 0.3) is 0 Å². The zero-order valence-corrected chi connectivity index (χ0v) is 14.0. The quantitative estimate of drug-likeness (QED) is 0.874. The fourth-order valence-electron chi connectivity index (χ4n) is 4.11. The summed E-state index contributed by atoms with van der Waals surface area (Å²) in [5, 5.41) is 14.0. The van der Waals surface area contributed by atoms with Crippen molar-refractivity contribution in [2.24, 2.45) is 0 Å². The molecule has 2 N–H and O–H groups in total. The van der Waals surface area contributed by atoms with Gasteiger partial charge in [-0.25, -0.2) is 4.39 Å². The van der Waals surface area contributed by atoms with Crippen molar-refractivity contribution in [1.29, 1.82) is 0 Å². The van der Waals surface area contributed by atoms with Crippen LogP contribution in [0.4, 0.5) is 4.39 Å². The number of nitrogens with one attached hydrogen (secondary N) is 1. The summed E-state index contributed by atoms with van der Waals surface area (Å²) >= 11 is 0. The maximum absolute atomic E-state index is 13.0. The molecule has 1 heterocycles. The molecule has 1 saturated carbocycles. The number of hydrogen-bond donors (Lipinski definition) is 2. The minimum Gasteiger partial charge on any atom is -0.387 e. The normalized spacial score (nSPS) is 24.0. The van der Waals surface area contributed by atoms with Gasteiger partial charge in [-0.1, -0.05) is 25.0 Å². The van der Waals surface area contributed by atoms with Crippen LogP contribution in [0.15, 0.2) is 24.3 Å². The van der Waals surface area contributed by atoms with Gasteiger partial charge >= 0.3 is 0 Å². The van der Waals surface area contributed by atoms with E-state index in [0.717, 1.165) is 24.4 Å². The summed E-state index contributed by atoms with van der Waals surface area (Å²) in [7, 11) is 0. The van der Waals surface area contributed by atoms with E-state index in [1.54, 1.807) is 12.1 Å². The molecule has 1 aliphatic heterocycles. The van der Waals surface area contributed by atoms with E-state index in [-0.39, 0.29) is 11.9 Å². The Morgan fingerprint density at radius 2 is 1.70 bits per heavy atom. The van der Waals surface area contributed by atoms with Crippen LogP contribution >= 0.6 is 0 Å². The predicted octanol–water partition coefficient (Wildman–Crippen LogP) is 3.24. The lowest BCUT2D eigenvalue weighted by molar-refractivity contribution is 0.104. The molecular weight excluding hydrogens is 291 g/mol. The highest BCUT2D eigenvalue weighted by molar-refractivity contribution is 5.19. The lowest BCUT2D eigenvalue weighted by Gasteiger charge is -2.37. The third-order valence-electron chi connectivity index (χ3n) is 5.55. The van der Waals surface area contributed by atoms with Gasteiger partial charge in [-0.3, -0.25) is 0 Å². The summed E-state index contributed by atoms with van der Waals surface area (Å²) in [6.07, 6.45) is 7.24. The summed E-state index contributed by atoms with van der Waals surface area (Å²) in [4.78, 5) is 2.66. The van der Waals surface area contributed by atoms with Gasteiger partial charge < -0.3 is 15.3 Å². The smallest absolute Gasteiger partial charge is 0.123 e. The van der Waals surface area contributed by atoms with Crippen LogP contribution in [-0.4, -0.2) is 41.2 Å². The molecule has 3 rings (SSSR count). The molecule has 0 radical (unpaired) electrons. The van der Waals surface area contributed by atoms with Gasteiger partial charge in [0, 0.05) is 18.1 Å². The van der Waals surface area contributed by atoms with Crippen LogP contribution < -0.4 is 5.32 Å². The highest BCUT2D eigenvalue weighted by atomic mass is 19.1. The van der Waals surface area contributed by atoms with Crippen LogP contribution in [-0.2, 0) is 0 Å². The molecule has 1 aliphatic carbocycles. The maximum Gasteiger partial charge on any atom is 0.123 e. The largest absolute Gasteiger partial charge is 0.387 e. The summed E-state index contributed by atoms with van der Waals surface area (Å²) in [6.45, 7) is 4.35. The van der Waals surface area contributed by atoms with Crippen molar-refractivity contribution in [3.63, 3.8) is 0 Å². The van der Waals surface area contributed by atoms with Crippen molar-refractivity contribution in [3.8, 4) is 0 Å². The van der Waals surface area contributed by atoms with E-state index >= 15 is 0 Å². The molecule has 1 saturated heterocycles. The van der Waals surface area contributed by atoms with Crippen molar-refractivity contribution in [2.45, 2.75) is 69.7 Å². The summed E-state index contributed by atoms with van der Waals surface area (Å²) < 4.78 is 13.0. The SMILES string of the molecule is C[C@@H](NC1CCN(C2CCCC2)CC1)[C@H](O)c1ccc(F)cc1. The molecule has 0 bridgehead atoms. The van der Waals surface area contributed by atoms with Crippen molar-refractivity contribution in [3.05, 3.63) is 35.6 Å². The first-order chi connectivity index (χ1) is 11.1. The molecule has 23 heavy (non-hydrogen) atoms. The minimum atomic E-state index is -0.594. The lowest BCUT2D eigenvalue weighted by Crippen LogP contribution is -2.49. The fraction of sp³-hybridized carbons (Fsp3) is 0.684. The molecule has 3 nitrogen and oxygen atoms in total. The fourth-order valence-corrected chi connectivity index (χ4v) is 4.11. The van der Waals surface area contributed by atoms with E-state index in [4.69, 9.17) is 0 Å². The molecule has 1 aromatic carbocycles. The van der Waals surface area contributed by atoms with Crippen LogP contribution in [0, 0.1) is 5.82 Å². The van der Waals surface area contributed by atoms with Crippen LogP contribution in [0.1, 0.15) is 57.1 Å². The number of aliphatic hydroxyl groups is 1. The van der Waals surface area contributed by atoms with Gasteiger partial charge in [-0.05, 0) is 63.4 Å². The summed E-state index contributed by atoms with van der Waals surface area (Å²) in [5.74, 6) is -0.263. The predicted molar refractivity (Wildman–Crippen MR) is 90.8 cm³/mol. The number of nitrogens with zero attached hydrogens (tertiary/aromatic N) is 1. The maximum atomic E-state index is 13.0. The summed E-state index contributed by atoms with van der Waals surface area (Å²) in [5.41, 5.74) is 0.773. The number of piperidine rings is 1. The van der Waals surface area contributed by atoms with Gasteiger partial charge in [0.05, 0.1) is 6.10 Å². The van der Waals surface area contributed by atoms with E-state index < -0.39 is 6.10 Å². The Bertz CT molecular complexity index is 479. The Hall–Kier alpha value is -0.970. The van der Waals surface area contributed by atoms with E-state index in [0.29, 0.717) is 6.04 Å². The van der Waals surface area contributed by atoms with Crippen molar-refractivity contribution < 1.29 is 9.50 Å². The number of likely N-dealkylation sites (tertiary alicyclic amines) is 1. The average Bonchev–Trinajstić information content (AvgIpc) is 3.10. The second-order valence-electron chi connectivity index (χ2n) is 7.20. The number of halogens is 1. The van der Waals surface area contributed by atoms with E-state index in [1.807, 2.05) is 6.92 Å². The molecule has 4 heteroatoms. The molecule has 128 valence electrons. The van der Waals surface area contributed by atoms with Crippen LogP contribution in [0.3, 0.4) is 0 Å². The first kappa shape index (κ1) is 16.9. The summed E-state index contributed by atoms with van der Waals surface area (Å²) in [6, 6.07) is 7.41.